The molecule has 0 saturated heterocycles. The largest absolute Gasteiger partial charge is 0.493 e. The Morgan fingerprint density at radius 3 is 1.23 bits per heavy atom. The van der Waals surface area contributed by atoms with Crippen molar-refractivity contribution in [1.82, 2.24) is 0 Å². The van der Waals surface area contributed by atoms with Crippen molar-refractivity contribution in [3.8, 4) is 45.6 Å². The van der Waals surface area contributed by atoms with Gasteiger partial charge in [0.05, 0.1) is 14.2 Å². The summed E-state index contributed by atoms with van der Waals surface area (Å²) in [6.45, 7) is 4.02. The summed E-state index contributed by atoms with van der Waals surface area (Å²) in [7, 11) is 2.63. The number of hydrogen-bond donors (Lipinski definition) is 0. The van der Waals surface area contributed by atoms with Crippen LogP contribution < -0.4 is 27.6 Å². The highest BCUT2D eigenvalue weighted by Gasteiger charge is 2.26. The predicted molar refractivity (Wildman–Crippen MR) is 181 cm³/mol. The molecule has 0 N–H and O–H groups in total. The first kappa shape index (κ1) is 29.6. The van der Waals surface area contributed by atoms with Gasteiger partial charge in [0.2, 0.25) is 0 Å². The Bertz CT molecular complexity index is 1800. The minimum absolute atomic E-state index is 0.328. The van der Waals surface area contributed by atoms with E-state index < -0.39 is 0 Å². The second kappa shape index (κ2) is 13.4. The zero-order valence-corrected chi connectivity index (χ0v) is 26.8. The molecule has 44 heavy (non-hydrogen) atoms. The molecule has 6 aromatic rings. The van der Waals surface area contributed by atoms with Gasteiger partial charge in [0.15, 0.2) is 23.0 Å². The monoisotopic (exact) mass is 622 g/mol. The maximum absolute atomic E-state index is 6.50. The molecule has 2 unspecified atom stereocenters. The van der Waals surface area contributed by atoms with E-state index in [9.17, 15) is 0 Å². The molecule has 0 aliphatic carbocycles. The molecule has 0 spiro atoms. The van der Waals surface area contributed by atoms with Crippen LogP contribution >= 0.6 is 18.1 Å². The molecular weight excluding hydrogens is 590 g/mol. The number of fused-ring (bicyclic) bond motifs is 2. The fourth-order valence-electron chi connectivity index (χ4n) is 5.16. The van der Waals surface area contributed by atoms with E-state index in [2.05, 4.69) is 24.3 Å². The molecule has 0 amide bonds. The molecule has 6 nitrogen and oxygen atoms in total. The molecule has 2 atom stereocenters. The van der Waals surface area contributed by atoms with Crippen LogP contribution in [-0.2, 0) is 0 Å². The van der Waals surface area contributed by atoms with Crippen molar-refractivity contribution in [1.29, 1.82) is 0 Å². The molecular formula is C36H32O6P2. The summed E-state index contributed by atoms with van der Waals surface area (Å²) in [5, 5.41) is 3.92. The normalized spacial score (nSPS) is 11.5. The Morgan fingerprint density at radius 1 is 0.432 bits per heavy atom. The third-order valence-corrected chi connectivity index (χ3v) is 8.58. The van der Waals surface area contributed by atoms with Gasteiger partial charge in [-0.25, -0.2) is 0 Å². The number of para-hydroxylation sites is 2. The van der Waals surface area contributed by atoms with Gasteiger partial charge >= 0.3 is 0 Å². The highest BCUT2D eigenvalue weighted by Crippen LogP contribution is 2.54. The topological polar surface area (TPSA) is 55.4 Å². The Balaban J connectivity index is 1.53. The van der Waals surface area contributed by atoms with Gasteiger partial charge in [0.25, 0.3) is 18.1 Å². The average Bonchev–Trinajstić information content (AvgIpc) is 3.05. The lowest BCUT2D eigenvalue weighted by molar-refractivity contribution is 0.393. The average molecular weight is 623 g/mol. The molecule has 8 heteroatoms. The highest BCUT2D eigenvalue weighted by atomic mass is 31.1. The molecule has 0 aliphatic heterocycles. The van der Waals surface area contributed by atoms with Crippen LogP contribution in [0.3, 0.4) is 0 Å². The second-order valence-corrected chi connectivity index (χ2v) is 11.3. The van der Waals surface area contributed by atoms with Gasteiger partial charge < -0.3 is 27.6 Å². The molecule has 0 fully saturated rings. The van der Waals surface area contributed by atoms with Crippen LogP contribution in [0, 0.1) is 13.8 Å². The van der Waals surface area contributed by atoms with Crippen molar-refractivity contribution in [3.05, 3.63) is 120 Å². The number of benzene rings is 6. The quantitative estimate of drug-likeness (QED) is 0.134. The fourth-order valence-corrected chi connectivity index (χ4v) is 6.46. The summed E-state index contributed by atoms with van der Waals surface area (Å²) in [4.78, 5) is 0. The molecule has 6 aromatic carbocycles. The van der Waals surface area contributed by atoms with E-state index >= 15 is 0 Å². The lowest BCUT2D eigenvalue weighted by Crippen LogP contribution is -1.99. The summed E-state index contributed by atoms with van der Waals surface area (Å²) < 4.78 is 37.1. The summed E-state index contributed by atoms with van der Waals surface area (Å²) in [5.41, 5.74) is 3.68. The number of aryl methyl sites for hydroxylation is 2. The minimum atomic E-state index is -0.328. The predicted octanol–water partition coefficient (Wildman–Crippen LogP) is 10.2. The van der Waals surface area contributed by atoms with Crippen molar-refractivity contribution in [2.75, 3.05) is 14.2 Å². The van der Waals surface area contributed by atoms with Crippen molar-refractivity contribution in [3.63, 3.8) is 0 Å². The van der Waals surface area contributed by atoms with E-state index in [1.807, 2.05) is 98.8 Å². The van der Waals surface area contributed by atoms with Crippen molar-refractivity contribution in [2.24, 2.45) is 0 Å². The standard InChI is InChI=1S/C36H32O6P2/c1-23-13-5-11-19-29(23)39-43-41-35-31(37-3)21-25-15-7-9-17-27(25)33(35)34-28-18-10-8-16-26(28)22-32(38-4)36(34)42-44-40-30-20-12-6-14-24(30)2/h5-22,43-44H,1-4H3. The fraction of sp³-hybridized carbons (Fsp3) is 0.111. The number of hydrogen-bond acceptors (Lipinski definition) is 6. The minimum Gasteiger partial charge on any atom is -0.493 e. The first-order valence-corrected chi connectivity index (χ1v) is 15.7. The molecule has 0 heterocycles. The summed E-state index contributed by atoms with van der Waals surface area (Å²) in [5.74, 6) is 3.77. The van der Waals surface area contributed by atoms with Gasteiger partial charge in [-0.3, -0.25) is 0 Å². The van der Waals surface area contributed by atoms with Crippen molar-refractivity contribution in [2.45, 2.75) is 13.8 Å². The van der Waals surface area contributed by atoms with Gasteiger partial charge in [0, 0.05) is 11.1 Å². The molecule has 0 saturated carbocycles. The van der Waals surface area contributed by atoms with Gasteiger partial charge in [-0.2, -0.15) is 0 Å². The highest BCUT2D eigenvalue weighted by molar-refractivity contribution is 7.27. The molecule has 0 radical (unpaired) electrons. The third kappa shape index (κ3) is 5.97. The Labute approximate surface area is 260 Å². The first-order chi connectivity index (χ1) is 21.6. The van der Waals surface area contributed by atoms with Gasteiger partial charge in [-0.15, -0.1) is 0 Å². The summed E-state index contributed by atoms with van der Waals surface area (Å²) in [6.07, 6.45) is 0. The summed E-state index contributed by atoms with van der Waals surface area (Å²) >= 11 is 0. The molecule has 0 aliphatic rings. The molecule has 0 bridgehead atoms. The second-order valence-electron chi connectivity index (χ2n) is 10.1. The Morgan fingerprint density at radius 2 is 0.818 bits per heavy atom. The van der Waals surface area contributed by atoms with Gasteiger partial charge in [0.1, 0.15) is 11.5 Å². The van der Waals surface area contributed by atoms with Crippen molar-refractivity contribution < 1.29 is 27.6 Å². The zero-order valence-electron chi connectivity index (χ0n) is 24.8. The van der Waals surface area contributed by atoms with Gasteiger partial charge in [-0.1, -0.05) is 84.9 Å². The maximum atomic E-state index is 6.50. The van der Waals surface area contributed by atoms with E-state index in [1.54, 1.807) is 14.2 Å². The number of rotatable bonds is 11. The lowest BCUT2D eigenvalue weighted by atomic mass is 9.91. The van der Waals surface area contributed by atoms with E-state index in [0.717, 1.165) is 55.3 Å². The number of methoxy groups -OCH3 is 2. The smallest absolute Gasteiger partial charge is 0.275 e. The SMILES string of the molecule is COc1cc2ccccc2c(-c2c(OPOc3ccccc3C)c(OC)cc3ccccc23)c1OPOc1ccccc1C. The van der Waals surface area contributed by atoms with Crippen LogP contribution in [0.1, 0.15) is 11.1 Å². The Hall–Kier alpha value is -4.50. The van der Waals surface area contributed by atoms with E-state index in [-0.39, 0.29) is 18.1 Å². The maximum Gasteiger partial charge on any atom is 0.275 e. The zero-order chi connectivity index (χ0) is 30.5. The lowest BCUT2D eigenvalue weighted by Gasteiger charge is -2.22. The van der Waals surface area contributed by atoms with Crippen molar-refractivity contribution >= 4 is 39.6 Å². The van der Waals surface area contributed by atoms with E-state index in [0.29, 0.717) is 23.0 Å². The van der Waals surface area contributed by atoms with Crippen LogP contribution in [0.25, 0.3) is 32.7 Å². The van der Waals surface area contributed by atoms with E-state index in [4.69, 9.17) is 27.6 Å². The van der Waals surface area contributed by atoms with Crippen LogP contribution in [0.2, 0.25) is 0 Å². The molecule has 0 aromatic heterocycles. The van der Waals surface area contributed by atoms with E-state index in [1.165, 1.54) is 0 Å². The van der Waals surface area contributed by atoms with Crippen LogP contribution in [0.15, 0.2) is 109 Å². The summed E-state index contributed by atoms with van der Waals surface area (Å²) in [6, 6.07) is 36.0. The van der Waals surface area contributed by atoms with Crippen LogP contribution in [0.4, 0.5) is 0 Å². The van der Waals surface area contributed by atoms with Crippen LogP contribution in [0.5, 0.6) is 34.5 Å². The Kier molecular flexibility index (Phi) is 9.02. The van der Waals surface area contributed by atoms with Crippen LogP contribution in [-0.4, -0.2) is 14.2 Å². The first-order valence-electron chi connectivity index (χ1n) is 14.1. The molecule has 6 rings (SSSR count). The molecule has 222 valence electrons. The third-order valence-electron chi connectivity index (χ3n) is 7.40. The van der Waals surface area contributed by atoms with Gasteiger partial charge in [-0.05, 0) is 70.8 Å². The number of ether oxygens (including phenoxy) is 2.